The Balaban J connectivity index is 0.698. The van der Waals surface area contributed by atoms with Crippen molar-refractivity contribution in [2.75, 3.05) is 72.9 Å². The molecule has 2 aromatic carbocycles. The van der Waals surface area contributed by atoms with Crippen LogP contribution in [0.4, 0.5) is 42.0 Å². The van der Waals surface area contributed by atoms with Gasteiger partial charge < -0.3 is 29.7 Å². The summed E-state index contributed by atoms with van der Waals surface area (Å²) in [6.07, 6.45) is 8.11. The van der Waals surface area contributed by atoms with Crippen LogP contribution in [-0.4, -0.2) is 105 Å². The van der Waals surface area contributed by atoms with Crippen molar-refractivity contribution in [2.24, 2.45) is 31.3 Å². The zero-order valence-corrected chi connectivity index (χ0v) is 37.1. The average molecular weight is 914 g/mol. The Labute approximate surface area is 377 Å². The average Bonchev–Trinajstić information content (AvgIpc) is 4.08. The quantitative estimate of drug-likeness (QED) is 0.150. The monoisotopic (exact) mass is 913 g/mol. The zero-order valence-electron chi connectivity index (χ0n) is 36.3. The van der Waals surface area contributed by atoms with Gasteiger partial charge in [-0.3, -0.25) is 29.3 Å². The van der Waals surface area contributed by atoms with Gasteiger partial charge in [-0.15, -0.1) is 0 Å². The number of aryl methyl sites for hydroxylation is 2. The van der Waals surface area contributed by atoms with Crippen molar-refractivity contribution in [2.45, 2.75) is 69.2 Å². The van der Waals surface area contributed by atoms with Gasteiger partial charge in [-0.1, -0.05) is 11.6 Å². The molecular formula is C46H51ClF3N11O4. The molecule has 2 unspecified atom stereocenters. The molecule has 2 amide bonds. The van der Waals surface area contributed by atoms with E-state index in [4.69, 9.17) is 21.3 Å². The largest absolute Gasteiger partial charge is 0.480 e. The van der Waals surface area contributed by atoms with E-state index in [2.05, 4.69) is 40.7 Å². The fourth-order valence-electron chi connectivity index (χ4n) is 11.0. The van der Waals surface area contributed by atoms with E-state index in [0.29, 0.717) is 88.4 Å². The van der Waals surface area contributed by atoms with Gasteiger partial charge in [0.1, 0.15) is 10.8 Å². The standard InChI is InChI=1S/C46H51ClF3N11O4/c1-57-33-7-5-27(17-29(33)38-39(43(57)64)65-24-46(49,50)40(54-38)26-3-4-26)52-41-31(47)20-51-44(55-41)61-22-45(23-61)11-9-25(10-12-45)21-59-13-15-60(16-14-59)35-19-34-30(18-32(35)48)37(56-58(34)2)28-6-8-36(62)53-42(28)63/h5,7,17-20,25-26,28,40,54H,3-4,6,8-16,21-24H2,1-2H3,(H,51,52,55)(H,53,62,63). The molecule has 1 spiro atoms. The van der Waals surface area contributed by atoms with Crippen LogP contribution in [0.1, 0.15) is 63.0 Å². The minimum atomic E-state index is -3.13. The number of hydrogen-bond acceptors (Lipinski definition) is 12. The van der Waals surface area contributed by atoms with Crippen molar-refractivity contribution in [3.8, 4) is 5.75 Å². The van der Waals surface area contributed by atoms with E-state index in [1.165, 1.54) is 10.6 Å². The molecule has 15 nitrogen and oxygen atoms in total. The highest BCUT2D eigenvalue weighted by Gasteiger charge is 2.51. The lowest BCUT2D eigenvalue weighted by Crippen LogP contribution is -2.58. The van der Waals surface area contributed by atoms with Crippen molar-refractivity contribution in [3.05, 3.63) is 63.4 Å². The lowest BCUT2D eigenvalue weighted by molar-refractivity contribution is -0.134. The maximum Gasteiger partial charge on any atom is 0.301 e. The maximum absolute atomic E-state index is 15.7. The molecule has 65 heavy (non-hydrogen) atoms. The summed E-state index contributed by atoms with van der Waals surface area (Å²) >= 11 is 6.64. The topological polar surface area (TPSA) is 155 Å². The Morgan fingerprint density at radius 2 is 1.71 bits per heavy atom. The molecule has 0 radical (unpaired) electrons. The number of anilines is 5. The molecule has 0 bridgehead atoms. The molecule has 2 saturated carbocycles. The molecule has 3 saturated heterocycles. The van der Waals surface area contributed by atoms with Gasteiger partial charge >= 0.3 is 5.92 Å². The summed E-state index contributed by atoms with van der Waals surface area (Å²) in [6, 6.07) is 7.59. The maximum atomic E-state index is 15.7. The molecule has 4 aliphatic heterocycles. The molecule has 11 rings (SSSR count). The number of aromatic nitrogens is 5. The van der Waals surface area contributed by atoms with Gasteiger partial charge in [0.25, 0.3) is 5.56 Å². The van der Waals surface area contributed by atoms with E-state index in [-0.39, 0.29) is 46.8 Å². The number of piperidine rings is 1. The van der Waals surface area contributed by atoms with Crippen LogP contribution >= 0.6 is 11.6 Å². The molecule has 7 heterocycles. The van der Waals surface area contributed by atoms with Crippen LogP contribution in [0.15, 0.2) is 41.3 Å². The number of fused-ring (bicyclic) bond motifs is 4. The third-order valence-corrected chi connectivity index (χ3v) is 15.1. The van der Waals surface area contributed by atoms with Crippen LogP contribution < -0.4 is 36.0 Å². The highest BCUT2D eigenvalue weighted by atomic mass is 35.5. The number of nitrogens with zero attached hydrogens (tertiary/aromatic N) is 8. The number of amides is 2. The second-order valence-corrected chi connectivity index (χ2v) is 19.6. The summed E-state index contributed by atoms with van der Waals surface area (Å²) < 4.78 is 54.7. The molecule has 6 aliphatic rings. The first kappa shape index (κ1) is 42.0. The van der Waals surface area contributed by atoms with Gasteiger partial charge in [-0.25, -0.2) is 18.2 Å². The lowest BCUT2D eigenvalue weighted by Gasteiger charge is -2.54. The molecule has 3 aromatic heterocycles. The second-order valence-electron chi connectivity index (χ2n) is 19.2. The molecule has 19 heteroatoms. The minimum absolute atomic E-state index is 0.110. The number of pyridine rings is 1. The lowest BCUT2D eigenvalue weighted by atomic mass is 9.66. The van der Waals surface area contributed by atoms with E-state index in [9.17, 15) is 14.4 Å². The third kappa shape index (κ3) is 7.59. The number of halogens is 4. The van der Waals surface area contributed by atoms with Gasteiger partial charge in [-0.05, 0) is 87.1 Å². The van der Waals surface area contributed by atoms with Crippen molar-refractivity contribution >= 4 is 74.0 Å². The van der Waals surface area contributed by atoms with E-state index in [1.54, 1.807) is 43.2 Å². The van der Waals surface area contributed by atoms with E-state index in [1.807, 2.05) is 6.07 Å². The summed E-state index contributed by atoms with van der Waals surface area (Å²) in [5, 5.41) is 14.8. The second kappa shape index (κ2) is 15.8. The van der Waals surface area contributed by atoms with Crippen LogP contribution in [-0.2, 0) is 23.7 Å². The summed E-state index contributed by atoms with van der Waals surface area (Å²) in [5.74, 6) is -3.44. The number of alkyl halides is 2. The zero-order chi connectivity index (χ0) is 44.9. The van der Waals surface area contributed by atoms with Crippen LogP contribution in [0.3, 0.4) is 0 Å². The fourth-order valence-corrected chi connectivity index (χ4v) is 11.1. The summed E-state index contributed by atoms with van der Waals surface area (Å²) in [4.78, 5) is 53.8. The SMILES string of the molecule is Cn1nc(C2CCC(=O)NC2=O)c2cc(F)c(N3CCN(CC4CCC5(CC4)CN(c4ncc(Cl)c(Nc6ccc7c(c6)c6c(c(=O)n7C)OCC(F)(F)C(C7CC7)N6)n4)C5)CC3)cc21. The van der Waals surface area contributed by atoms with Crippen molar-refractivity contribution in [1.82, 2.24) is 34.5 Å². The fraction of sp³-hybridized carbons (Fsp3) is 0.522. The number of benzene rings is 2. The van der Waals surface area contributed by atoms with Crippen LogP contribution in [0, 0.1) is 23.1 Å². The first-order valence-electron chi connectivity index (χ1n) is 22.7. The van der Waals surface area contributed by atoms with E-state index < -0.39 is 30.0 Å². The Hall–Kier alpha value is -5.62. The summed E-state index contributed by atoms with van der Waals surface area (Å²) in [6.45, 7) is 4.98. The predicted octanol–water partition coefficient (Wildman–Crippen LogP) is 6.31. The van der Waals surface area contributed by atoms with E-state index >= 15 is 13.2 Å². The number of imide groups is 1. The van der Waals surface area contributed by atoms with Gasteiger partial charge in [0.15, 0.2) is 12.4 Å². The smallest absolute Gasteiger partial charge is 0.301 e. The first-order valence-corrected chi connectivity index (χ1v) is 23.1. The van der Waals surface area contributed by atoms with E-state index in [0.717, 1.165) is 63.9 Å². The minimum Gasteiger partial charge on any atom is -0.480 e. The van der Waals surface area contributed by atoms with Gasteiger partial charge in [0, 0.05) is 88.2 Å². The Morgan fingerprint density at radius 1 is 0.938 bits per heavy atom. The molecule has 342 valence electrons. The number of ether oxygens (including phenoxy) is 1. The number of carbonyl (C=O) groups is 2. The normalized spacial score (nSPS) is 23.5. The molecule has 2 aliphatic carbocycles. The summed E-state index contributed by atoms with van der Waals surface area (Å²) in [5.41, 5.74) is 3.00. The van der Waals surface area contributed by atoms with Crippen molar-refractivity contribution in [1.29, 1.82) is 0 Å². The summed E-state index contributed by atoms with van der Waals surface area (Å²) in [7, 11) is 3.40. The molecule has 3 N–H and O–H groups in total. The molecule has 5 aromatic rings. The van der Waals surface area contributed by atoms with Gasteiger partial charge in [0.05, 0.1) is 46.3 Å². The number of piperazine rings is 1. The number of carbonyl (C=O) groups excluding carboxylic acids is 2. The van der Waals surface area contributed by atoms with Crippen LogP contribution in [0.2, 0.25) is 5.02 Å². The predicted molar refractivity (Wildman–Crippen MR) is 241 cm³/mol. The number of rotatable bonds is 8. The highest BCUT2D eigenvalue weighted by Crippen LogP contribution is 2.48. The Bertz CT molecular complexity index is 2810. The van der Waals surface area contributed by atoms with Gasteiger partial charge in [0.2, 0.25) is 23.5 Å². The molecule has 5 fully saturated rings. The van der Waals surface area contributed by atoms with Crippen LogP contribution in [0.5, 0.6) is 5.75 Å². The van der Waals surface area contributed by atoms with Crippen molar-refractivity contribution < 1.29 is 27.5 Å². The number of hydrogen-bond donors (Lipinski definition) is 3. The first-order chi connectivity index (χ1) is 31.2. The Morgan fingerprint density at radius 3 is 2.45 bits per heavy atom. The number of nitrogens with one attached hydrogen (secondary N) is 3. The highest BCUT2D eigenvalue weighted by molar-refractivity contribution is 6.33. The third-order valence-electron chi connectivity index (χ3n) is 14.9. The van der Waals surface area contributed by atoms with Crippen LogP contribution in [0.25, 0.3) is 21.8 Å². The van der Waals surface area contributed by atoms with Gasteiger partial charge in [-0.2, -0.15) is 10.1 Å². The Kier molecular flexibility index (Phi) is 10.2. The molecular weight excluding hydrogens is 863 g/mol. The molecule has 2 atom stereocenters. The van der Waals surface area contributed by atoms with Crippen molar-refractivity contribution in [3.63, 3.8) is 0 Å².